The maximum atomic E-state index is 12.3. The van der Waals surface area contributed by atoms with Crippen LogP contribution in [0.3, 0.4) is 0 Å². The average Bonchev–Trinajstić information content (AvgIpc) is 3.20. The number of carbonyl (C=O) groups is 2. The first kappa shape index (κ1) is 21.5. The summed E-state index contributed by atoms with van der Waals surface area (Å²) >= 11 is 0. The number of pyridine rings is 1. The second-order valence-corrected chi connectivity index (χ2v) is 9.23. The van der Waals surface area contributed by atoms with Crippen LogP contribution in [0.1, 0.15) is 37.3 Å². The Kier molecular flexibility index (Phi) is 5.76. The number of aromatic nitrogens is 2. The molecule has 33 heavy (non-hydrogen) atoms. The van der Waals surface area contributed by atoms with Crippen LogP contribution in [0, 0.1) is 5.92 Å². The number of carbonyl (C=O) groups excluding carboxylic acids is 2. The number of nitrogens with one attached hydrogen (secondary N) is 1. The van der Waals surface area contributed by atoms with Crippen LogP contribution < -0.4 is 10.2 Å². The zero-order chi connectivity index (χ0) is 22.9. The van der Waals surface area contributed by atoms with Crippen LogP contribution in [-0.2, 0) is 17.8 Å². The van der Waals surface area contributed by atoms with Crippen molar-refractivity contribution in [2.75, 3.05) is 18.0 Å². The van der Waals surface area contributed by atoms with Gasteiger partial charge in [0.1, 0.15) is 5.75 Å². The van der Waals surface area contributed by atoms with E-state index in [2.05, 4.69) is 34.4 Å². The number of phenols is 1. The van der Waals surface area contributed by atoms with E-state index in [1.54, 1.807) is 27.7 Å². The van der Waals surface area contributed by atoms with Crippen molar-refractivity contribution in [1.82, 2.24) is 19.8 Å². The van der Waals surface area contributed by atoms with Gasteiger partial charge in [-0.2, -0.15) is 5.10 Å². The molecule has 3 amide bonds. The smallest absolute Gasteiger partial charge is 0.328 e. The van der Waals surface area contributed by atoms with Crippen LogP contribution in [-0.4, -0.2) is 50.7 Å². The van der Waals surface area contributed by atoms with Gasteiger partial charge in [0, 0.05) is 31.7 Å². The number of piperidine rings is 1. The molecule has 8 nitrogen and oxygen atoms in total. The fourth-order valence-electron chi connectivity index (χ4n) is 5.05. The fourth-order valence-corrected chi connectivity index (χ4v) is 5.05. The maximum absolute atomic E-state index is 12.3. The fraction of sp³-hybridized carbons (Fsp3) is 0.400. The molecule has 0 radical (unpaired) electrons. The van der Waals surface area contributed by atoms with Crippen molar-refractivity contribution in [2.45, 2.75) is 45.2 Å². The Labute approximate surface area is 192 Å². The summed E-state index contributed by atoms with van der Waals surface area (Å²) in [5.74, 6) is 0.665. The molecular formula is C25H29N5O3. The predicted molar refractivity (Wildman–Crippen MR) is 125 cm³/mol. The number of hydrogen-bond acceptors (Lipinski definition) is 5. The normalized spacial score (nSPS) is 22.0. The number of likely N-dealkylation sites (tertiary alicyclic amines) is 1. The van der Waals surface area contributed by atoms with Crippen molar-refractivity contribution >= 4 is 23.1 Å². The number of aromatic hydroxyl groups is 1. The van der Waals surface area contributed by atoms with Crippen LogP contribution in [0.5, 0.6) is 5.75 Å². The number of imide groups is 1. The minimum atomic E-state index is -0.388. The van der Waals surface area contributed by atoms with E-state index in [1.165, 1.54) is 11.1 Å². The Morgan fingerprint density at radius 2 is 1.94 bits per heavy atom. The van der Waals surface area contributed by atoms with Crippen molar-refractivity contribution < 1.29 is 14.7 Å². The van der Waals surface area contributed by atoms with Crippen molar-refractivity contribution in [3.8, 4) is 5.75 Å². The van der Waals surface area contributed by atoms with E-state index >= 15 is 0 Å². The lowest BCUT2D eigenvalue weighted by Gasteiger charge is -2.38. The van der Waals surface area contributed by atoms with Gasteiger partial charge in [0.15, 0.2) is 0 Å². The second-order valence-electron chi connectivity index (χ2n) is 9.23. The summed E-state index contributed by atoms with van der Waals surface area (Å²) in [6.07, 6.45) is 7.19. The van der Waals surface area contributed by atoms with Gasteiger partial charge in [0.25, 0.3) is 0 Å². The van der Waals surface area contributed by atoms with Gasteiger partial charge in [-0.1, -0.05) is 12.1 Å². The van der Waals surface area contributed by atoms with Crippen LogP contribution in [0.25, 0.3) is 5.52 Å². The third kappa shape index (κ3) is 4.57. The van der Waals surface area contributed by atoms with E-state index in [1.807, 2.05) is 18.3 Å². The minimum Gasteiger partial charge on any atom is -0.508 e. The van der Waals surface area contributed by atoms with Crippen molar-refractivity contribution in [1.29, 1.82) is 0 Å². The quantitative estimate of drug-likeness (QED) is 0.626. The summed E-state index contributed by atoms with van der Waals surface area (Å²) in [4.78, 5) is 27.9. The number of amides is 3. The molecule has 2 aromatic heterocycles. The SMILES string of the molecule is C[C@H]1CC(Cc2ccn3ncc(N4CCC(=O)NC4=O)c3c2)CCN1Cc1ccc(O)cc1. The number of anilines is 1. The molecule has 1 unspecified atom stereocenters. The average molecular weight is 448 g/mol. The zero-order valence-electron chi connectivity index (χ0n) is 18.8. The molecule has 2 aliphatic rings. The number of urea groups is 1. The zero-order valence-corrected chi connectivity index (χ0v) is 18.8. The Hall–Kier alpha value is -3.39. The molecule has 4 heterocycles. The number of rotatable bonds is 5. The van der Waals surface area contributed by atoms with E-state index < -0.39 is 0 Å². The molecular weight excluding hydrogens is 418 g/mol. The number of phenolic OH excluding ortho intramolecular Hbond substituents is 1. The molecule has 0 spiro atoms. The van der Waals surface area contributed by atoms with Crippen molar-refractivity contribution in [3.63, 3.8) is 0 Å². The molecule has 2 atom stereocenters. The van der Waals surface area contributed by atoms with Crippen LogP contribution in [0.4, 0.5) is 10.5 Å². The van der Waals surface area contributed by atoms with Crippen LogP contribution in [0.2, 0.25) is 0 Å². The van der Waals surface area contributed by atoms with Crippen molar-refractivity contribution in [3.05, 3.63) is 59.9 Å². The highest BCUT2D eigenvalue weighted by molar-refractivity contribution is 6.07. The van der Waals surface area contributed by atoms with E-state index in [9.17, 15) is 14.7 Å². The highest BCUT2D eigenvalue weighted by Gasteiger charge is 2.28. The molecule has 0 aliphatic carbocycles. The topological polar surface area (TPSA) is 90.2 Å². The largest absolute Gasteiger partial charge is 0.508 e. The second kappa shape index (κ2) is 8.86. The van der Waals surface area contributed by atoms with E-state index in [-0.39, 0.29) is 11.9 Å². The Morgan fingerprint density at radius 1 is 1.12 bits per heavy atom. The van der Waals surface area contributed by atoms with Gasteiger partial charge in [-0.05, 0) is 74.0 Å². The lowest BCUT2D eigenvalue weighted by Crippen LogP contribution is -2.49. The van der Waals surface area contributed by atoms with Crippen LogP contribution in [0.15, 0.2) is 48.8 Å². The van der Waals surface area contributed by atoms with E-state index in [0.29, 0.717) is 30.7 Å². The summed E-state index contributed by atoms with van der Waals surface area (Å²) in [5.41, 5.74) is 4.08. The molecule has 2 N–H and O–H groups in total. The lowest BCUT2D eigenvalue weighted by molar-refractivity contribution is -0.120. The number of nitrogens with zero attached hydrogens (tertiary/aromatic N) is 4. The Balaban J connectivity index is 1.25. The first-order valence-electron chi connectivity index (χ1n) is 11.6. The molecule has 2 fully saturated rings. The van der Waals surface area contributed by atoms with Gasteiger partial charge in [0.2, 0.25) is 5.91 Å². The minimum absolute atomic E-state index is 0.237. The third-order valence-electron chi connectivity index (χ3n) is 6.88. The number of fused-ring (bicyclic) bond motifs is 1. The summed E-state index contributed by atoms with van der Waals surface area (Å²) in [5, 5.41) is 16.3. The maximum Gasteiger partial charge on any atom is 0.328 e. The third-order valence-corrected chi connectivity index (χ3v) is 6.88. The van der Waals surface area contributed by atoms with Crippen molar-refractivity contribution in [2.24, 2.45) is 5.92 Å². The summed E-state index contributed by atoms with van der Waals surface area (Å²) in [6.45, 7) is 4.61. The Bertz CT molecular complexity index is 1170. The molecule has 0 saturated carbocycles. The van der Waals surface area contributed by atoms with Crippen LogP contribution >= 0.6 is 0 Å². The summed E-state index contributed by atoms with van der Waals surface area (Å²) in [7, 11) is 0. The number of hydrogen-bond donors (Lipinski definition) is 2. The molecule has 2 aliphatic heterocycles. The predicted octanol–water partition coefficient (Wildman–Crippen LogP) is 3.33. The van der Waals surface area contributed by atoms with Gasteiger partial charge >= 0.3 is 6.03 Å². The van der Waals surface area contributed by atoms with E-state index in [0.717, 1.165) is 43.6 Å². The number of benzene rings is 1. The van der Waals surface area contributed by atoms with Gasteiger partial charge in [-0.3, -0.25) is 19.9 Å². The molecule has 3 aromatic rings. The molecule has 5 rings (SSSR count). The molecule has 172 valence electrons. The first-order chi connectivity index (χ1) is 16.0. The highest BCUT2D eigenvalue weighted by Crippen LogP contribution is 2.29. The van der Waals surface area contributed by atoms with E-state index in [4.69, 9.17) is 0 Å². The highest BCUT2D eigenvalue weighted by atomic mass is 16.3. The first-order valence-corrected chi connectivity index (χ1v) is 11.6. The standard InChI is InChI=1S/C25H29N5O3/c1-17-12-19(6-9-28(17)16-18-2-4-21(31)5-3-18)13-20-7-11-30-22(14-20)23(15-26-30)29-10-8-24(32)27-25(29)33/h2-5,7,11,14-15,17,19,31H,6,8-10,12-13,16H2,1H3,(H,27,32,33)/t17-,19?/m0/s1. The summed E-state index contributed by atoms with van der Waals surface area (Å²) in [6, 6.07) is 11.8. The monoisotopic (exact) mass is 447 g/mol. The van der Waals surface area contributed by atoms with Gasteiger partial charge in [-0.15, -0.1) is 0 Å². The molecule has 2 saturated heterocycles. The lowest BCUT2D eigenvalue weighted by atomic mass is 9.86. The van der Waals surface area contributed by atoms with Gasteiger partial charge in [-0.25, -0.2) is 9.31 Å². The Morgan fingerprint density at radius 3 is 2.70 bits per heavy atom. The van der Waals surface area contributed by atoms with Gasteiger partial charge in [0.05, 0.1) is 17.4 Å². The molecule has 1 aromatic carbocycles. The molecule has 0 bridgehead atoms. The summed E-state index contributed by atoms with van der Waals surface area (Å²) < 4.78 is 1.78. The molecule has 8 heteroatoms. The van der Waals surface area contributed by atoms with Gasteiger partial charge < -0.3 is 5.11 Å².